The standard InChI is InChI=1S/C28H29F3/c1-3-5-7-9-20-11-13-22(14-12-20)27(30)28(31)24-17-18-25-23(19-24)16-15-21(26(25)29)10-8-6-4-2/h4,6,11-19H,3,5,7-10H2,1-2H3/b6-4+,28-27?. The molecular weight excluding hydrogens is 393 g/mol. The van der Waals surface area contributed by atoms with Gasteiger partial charge in [-0.15, -0.1) is 0 Å². The molecule has 162 valence electrons. The molecule has 0 aliphatic carbocycles. The zero-order valence-electron chi connectivity index (χ0n) is 18.2. The van der Waals surface area contributed by atoms with Crippen molar-refractivity contribution in [3.05, 3.63) is 94.8 Å². The fourth-order valence-corrected chi connectivity index (χ4v) is 3.72. The summed E-state index contributed by atoms with van der Waals surface area (Å²) >= 11 is 0. The molecule has 0 unspecified atom stereocenters. The van der Waals surface area contributed by atoms with E-state index in [1.54, 1.807) is 24.3 Å². The lowest BCUT2D eigenvalue weighted by Crippen LogP contribution is -1.93. The van der Waals surface area contributed by atoms with Crippen molar-refractivity contribution in [1.82, 2.24) is 0 Å². The summed E-state index contributed by atoms with van der Waals surface area (Å²) in [5, 5.41) is 0.977. The maximum Gasteiger partial charge on any atom is 0.166 e. The number of halogens is 3. The van der Waals surface area contributed by atoms with Gasteiger partial charge in [-0.25, -0.2) is 13.2 Å². The van der Waals surface area contributed by atoms with E-state index in [1.165, 1.54) is 18.2 Å². The summed E-state index contributed by atoms with van der Waals surface area (Å²) < 4.78 is 44.5. The van der Waals surface area contributed by atoms with Crippen LogP contribution in [0.2, 0.25) is 0 Å². The van der Waals surface area contributed by atoms with Gasteiger partial charge in [-0.1, -0.05) is 80.4 Å². The summed E-state index contributed by atoms with van der Waals surface area (Å²) in [4.78, 5) is 0. The Balaban J connectivity index is 1.84. The molecule has 0 saturated heterocycles. The maximum absolute atomic E-state index is 14.9. The van der Waals surface area contributed by atoms with Gasteiger partial charge in [0.1, 0.15) is 5.82 Å². The zero-order chi connectivity index (χ0) is 22.2. The molecule has 0 bridgehead atoms. The second-order valence-electron chi connectivity index (χ2n) is 7.86. The summed E-state index contributed by atoms with van der Waals surface area (Å²) in [6, 6.07) is 14.9. The summed E-state index contributed by atoms with van der Waals surface area (Å²) in [5.41, 5.74) is 2.07. The molecule has 0 atom stereocenters. The Morgan fingerprint density at radius 1 is 0.839 bits per heavy atom. The maximum atomic E-state index is 14.9. The van der Waals surface area contributed by atoms with Crippen LogP contribution in [-0.4, -0.2) is 0 Å². The predicted molar refractivity (Wildman–Crippen MR) is 126 cm³/mol. The lowest BCUT2D eigenvalue weighted by atomic mass is 9.99. The van der Waals surface area contributed by atoms with Crippen molar-refractivity contribution in [1.29, 1.82) is 0 Å². The molecule has 31 heavy (non-hydrogen) atoms. The lowest BCUT2D eigenvalue weighted by Gasteiger charge is -2.08. The zero-order valence-corrected chi connectivity index (χ0v) is 18.2. The van der Waals surface area contributed by atoms with E-state index in [0.717, 1.165) is 37.7 Å². The second-order valence-corrected chi connectivity index (χ2v) is 7.86. The van der Waals surface area contributed by atoms with E-state index >= 15 is 0 Å². The van der Waals surface area contributed by atoms with Crippen molar-refractivity contribution < 1.29 is 13.2 Å². The Hall–Kier alpha value is -2.81. The van der Waals surface area contributed by atoms with Gasteiger partial charge in [-0.2, -0.15) is 0 Å². The summed E-state index contributed by atoms with van der Waals surface area (Å²) in [6.45, 7) is 4.08. The first-order valence-corrected chi connectivity index (χ1v) is 11.0. The first-order chi connectivity index (χ1) is 15.0. The van der Waals surface area contributed by atoms with Crippen molar-refractivity contribution in [3.63, 3.8) is 0 Å². The summed E-state index contributed by atoms with van der Waals surface area (Å²) in [6.07, 6.45) is 9.63. The first kappa shape index (κ1) is 22.9. The average molecular weight is 423 g/mol. The number of aryl methyl sites for hydroxylation is 2. The Kier molecular flexibility index (Phi) is 8.11. The highest BCUT2D eigenvalue weighted by Crippen LogP contribution is 2.32. The van der Waals surface area contributed by atoms with Gasteiger partial charge in [0.2, 0.25) is 0 Å². The normalized spacial score (nSPS) is 12.5. The van der Waals surface area contributed by atoms with Crippen molar-refractivity contribution in [3.8, 4) is 0 Å². The van der Waals surface area contributed by atoms with Crippen LogP contribution in [0.1, 0.15) is 61.8 Å². The van der Waals surface area contributed by atoms with E-state index in [9.17, 15) is 13.2 Å². The molecule has 0 nitrogen and oxygen atoms in total. The third-order valence-electron chi connectivity index (χ3n) is 5.57. The van der Waals surface area contributed by atoms with Crippen LogP contribution in [0.4, 0.5) is 13.2 Å². The molecule has 3 heteroatoms. The quantitative estimate of drug-likeness (QED) is 0.183. The largest absolute Gasteiger partial charge is 0.206 e. The van der Waals surface area contributed by atoms with Gasteiger partial charge in [-0.05, 0) is 55.2 Å². The topological polar surface area (TPSA) is 0 Å². The van der Waals surface area contributed by atoms with Crippen molar-refractivity contribution in [2.24, 2.45) is 0 Å². The van der Waals surface area contributed by atoms with E-state index < -0.39 is 11.7 Å². The van der Waals surface area contributed by atoms with Crippen LogP contribution in [0.15, 0.2) is 66.7 Å². The molecule has 0 saturated carbocycles. The number of fused-ring (bicyclic) bond motifs is 1. The molecule has 0 aliphatic heterocycles. The van der Waals surface area contributed by atoms with Crippen molar-refractivity contribution >= 4 is 22.4 Å². The van der Waals surface area contributed by atoms with Crippen LogP contribution >= 0.6 is 0 Å². The van der Waals surface area contributed by atoms with Gasteiger partial charge in [-0.3, -0.25) is 0 Å². The van der Waals surface area contributed by atoms with E-state index in [-0.39, 0.29) is 16.9 Å². The highest BCUT2D eigenvalue weighted by molar-refractivity contribution is 5.90. The first-order valence-electron chi connectivity index (χ1n) is 11.0. The molecule has 0 fully saturated rings. The molecule has 0 radical (unpaired) electrons. The highest BCUT2D eigenvalue weighted by atomic mass is 19.2. The van der Waals surface area contributed by atoms with Gasteiger partial charge in [0.15, 0.2) is 11.7 Å². The molecule has 0 spiro atoms. The predicted octanol–water partition coefficient (Wildman–Crippen LogP) is 8.99. The Labute approximate surface area is 183 Å². The minimum atomic E-state index is -0.932. The number of hydrogen-bond acceptors (Lipinski definition) is 0. The van der Waals surface area contributed by atoms with E-state index in [2.05, 4.69) is 6.92 Å². The van der Waals surface area contributed by atoms with Gasteiger partial charge in [0, 0.05) is 16.5 Å². The van der Waals surface area contributed by atoms with E-state index in [1.807, 2.05) is 31.2 Å². The van der Waals surface area contributed by atoms with Gasteiger partial charge < -0.3 is 0 Å². The molecular formula is C28H29F3. The van der Waals surface area contributed by atoms with Crippen molar-refractivity contribution in [2.75, 3.05) is 0 Å². The van der Waals surface area contributed by atoms with E-state index in [4.69, 9.17) is 0 Å². The van der Waals surface area contributed by atoms with Crippen LogP contribution in [0.3, 0.4) is 0 Å². The Bertz CT molecular complexity index is 1080. The van der Waals surface area contributed by atoms with Crippen LogP contribution < -0.4 is 0 Å². The van der Waals surface area contributed by atoms with Crippen LogP contribution in [0, 0.1) is 5.82 Å². The molecule has 0 N–H and O–H groups in total. The summed E-state index contributed by atoms with van der Waals surface area (Å²) in [7, 11) is 0. The highest BCUT2D eigenvalue weighted by Gasteiger charge is 2.14. The minimum absolute atomic E-state index is 0.109. The number of rotatable bonds is 9. The Morgan fingerprint density at radius 3 is 2.26 bits per heavy atom. The monoisotopic (exact) mass is 422 g/mol. The third-order valence-corrected chi connectivity index (χ3v) is 5.57. The van der Waals surface area contributed by atoms with Gasteiger partial charge in [0.25, 0.3) is 0 Å². The lowest BCUT2D eigenvalue weighted by molar-refractivity contribution is 0.621. The van der Waals surface area contributed by atoms with E-state index in [0.29, 0.717) is 22.8 Å². The second kappa shape index (κ2) is 11.0. The van der Waals surface area contributed by atoms with Crippen LogP contribution in [-0.2, 0) is 12.8 Å². The molecule has 3 aromatic carbocycles. The van der Waals surface area contributed by atoms with Gasteiger partial charge in [0.05, 0.1) is 0 Å². The number of hydrogen-bond donors (Lipinski definition) is 0. The van der Waals surface area contributed by atoms with Crippen molar-refractivity contribution in [2.45, 2.75) is 52.4 Å². The molecule has 0 heterocycles. The van der Waals surface area contributed by atoms with Crippen LogP contribution in [0.5, 0.6) is 0 Å². The molecule has 3 aromatic rings. The number of benzene rings is 3. The summed E-state index contributed by atoms with van der Waals surface area (Å²) in [5.74, 6) is -2.13. The average Bonchev–Trinajstić information content (AvgIpc) is 2.80. The Morgan fingerprint density at radius 2 is 1.55 bits per heavy atom. The van der Waals surface area contributed by atoms with Crippen LogP contribution in [0.25, 0.3) is 22.4 Å². The fourth-order valence-electron chi connectivity index (χ4n) is 3.72. The smallest absolute Gasteiger partial charge is 0.166 e. The molecule has 0 aromatic heterocycles. The number of allylic oxidation sites excluding steroid dienone is 2. The van der Waals surface area contributed by atoms with Gasteiger partial charge >= 0.3 is 0 Å². The molecule has 3 rings (SSSR count). The minimum Gasteiger partial charge on any atom is -0.206 e. The fraction of sp³-hybridized carbons (Fsp3) is 0.286. The molecule has 0 aliphatic rings. The third kappa shape index (κ3) is 5.66. The molecule has 0 amide bonds. The SMILES string of the molecule is C/C=C/CCc1ccc2cc(C(F)=C(F)c3ccc(CCCCC)cc3)ccc2c1F. The number of unbranched alkanes of at least 4 members (excludes halogenated alkanes) is 2.